The summed E-state index contributed by atoms with van der Waals surface area (Å²) in [4.78, 5) is 0. The van der Waals surface area contributed by atoms with Crippen molar-refractivity contribution in [3.63, 3.8) is 0 Å². The van der Waals surface area contributed by atoms with Crippen molar-refractivity contribution >= 4 is 11.8 Å². The van der Waals surface area contributed by atoms with Crippen LogP contribution in [0.25, 0.3) is 5.69 Å². The molecule has 0 N–H and O–H groups in total. The van der Waals surface area contributed by atoms with E-state index in [1.165, 1.54) is 11.8 Å². The first kappa shape index (κ1) is 10.9. The first-order valence-electron chi connectivity index (χ1n) is 5.06. The molecule has 1 aliphatic rings. The average Bonchev–Trinajstić information content (AvgIpc) is 3.03. The molecule has 0 atom stereocenters. The molecule has 0 unspecified atom stereocenters. The number of hydrogen-bond donors (Lipinski definition) is 0. The van der Waals surface area contributed by atoms with Gasteiger partial charge in [0.1, 0.15) is 0 Å². The highest BCUT2D eigenvalue weighted by molar-refractivity contribution is 7.99. The quantitative estimate of drug-likeness (QED) is 0.762. The summed E-state index contributed by atoms with van der Waals surface area (Å²) in [7, 11) is 0. The summed E-state index contributed by atoms with van der Waals surface area (Å²) in [5, 5.41) is 20.5. The fourth-order valence-electron chi connectivity index (χ4n) is 1.54. The second-order valence-electron chi connectivity index (χ2n) is 3.36. The minimum absolute atomic E-state index is 0.227. The molecule has 1 aromatic heterocycles. The van der Waals surface area contributed by atoms with Crippen LogP contribution in [0.5, 0.6) is 11.5 Å². The van der Waals surface area contributed by atoms with Gasteiger partial charge in [0.2, 0.25) is 11.9 Å². The number of nitriles is 1. The number of ether oxygens (including phenoxy) is 2. The van der Waals surface area contributed by atoms with Gasteiger partial charge in [-0.15, -0.1) is 5.10 Å². The molecule has 3 rings (SSSR count). The van der Waals surface area contributed by atoms with Crippen LogP contribution in [0.15, 0.2) is 23.4 Å². The lowest BCUT2D eigenvalue weighted by Crippen LogP contribution is -1.99. The predicted octanol–water partition coefficient (Wildman–Crippen LogP) is 1.01. The first-order chi connectivity index (χ1) is 8.88. The molecule has 0 bridgehead atoms. The van der Waals surface area contributed by atoms with Gasteiger partial charge in [-0.3, -0.25) is 0 Å². The summed E-state index contributed by atoms with van der Waals surface area (Å²) in [5.74, 6) is 1.67. The molecule has 0 radical (unpaired) electrons. The van der Waals surface area contributed by atoms with E-state index in [4.69, 9.17) is 14.7 Å². The second-order valence-corrected chi connectivity index (χ2v) is 4.30. The van der Waals surface area contributed by atoms with E-state index < -0.39 is 0 Å². The lowest BCUT2D eigenvalue weighted by Gasteiger charge is -2.03. The fraction of sp³-hybridized carbons (Fsp3) is 0.200. The van der Waals surface area contributed by atoms with Crippen molar-refractivity contribution in [2.24, 2.45) is 0 Å². The number of rotatable bonds is 3. The molecule has 2 heterocycles. The van der Waals surface area contributed by atoms with Gasteiger partial charge in [-0.1, -0.05) is 11.8 Å². The molecule has 1 aliphatic heterocycles. The van der Waals surface area contributed by atoms with E-state index >= 15 is 0 Å². The van der Waals surface area contributed by atoms with E-state index in [1.54, 1.807) is 16.8 Å². The van der Waals surface area contributed by atoms with Crippen molar-refractivity contribution in [3.8, 4) is 23.3 Å². The zero-order chi connectivity index (χ0) is 12.4. The maximum absolute atomic E-state index is 8.57. The maximum Gasteiger partial charge on any atom is 0.231 e. The highest BCUT2D eigenvalue weighted by Gasteiger charge is 2.16. The van der Waals surface area contributed by atoms with Crippen LogP contribution in [0, 0.1) is 11.3 Å². The molecule has 8 heteroatoms. The topological polar surface area (TPSA) is 85.9 Å². The fourth-order valence-corrected chi connectivity index (χ4v) is 2.10. The van der Waals surface area contributed by atoms with Gasteiger partial charge in [-0.25, -0.2) is 0 Å². The van der Waals surface area contributed by atoms with Crippen molar-refractivity contribution in [1.82, 2.24) is 20.2 Å². The number of fused-ring (bicyclic) bond motifs is 1. The van der Waals surface area contributed by atoms with Gasteiger partial charge >= 0.3 is 0 Å². The molecule has 90 valence electrons. The Hall–Kier alpha value is -2.27. The Bertz CT molecular complexity index is 621. The summed E-state index contributed by atoms with van der Waals surface area (Å²) in [6.07, 6.45) is 0. The van der Waals surface area contributed by atoms with Crippen molar-refractivity contribution < 1.29 is 9.47 Å². The van der Waals surface area contributed by atoms with Crippen molar-refractivity contribution in [1.29, 1.82) is 5.26 Å². The van der Waals surface area contributed by atoms with Crippen LogP contribution < -0.4 is 9.47 Å². The number of tetrazole rings is 1. The number of nitrogens with zero attached hydrogens (tertiary/aromatic N) is 5. The Labute approximate surface area is 106 Å². The van der Waals surface area contributed by atoms with Gasteiger partial charge in [0.25, 0.3) is 0 Å². The Balaban J connectivity index is 1.95. The van der Waals surface area contributed by atoms with Crippen LogP contribution in [-0.2, 0) is 0 Å². The highest BCUT2D eigenvalue weighted by Crippen LogP contribution is 2.34. The molecule has 0 saturated carbocycles. The van der Waals surface area contributed by atoms with Gasteiger partial charge in [0.05, 0.1) is 17.5 Å². The SMILES string of the molecule is N#CCSc1nnnn1-c1ccc2c(c1)OCO2. The van der Waals surface area contributed by atoms with Crippen LogP contribution in [0.2, 0.25) is 0 Å². The van der Waals surface area contributed by atoms with E-state index in [1.807, 2.05) is 12.1 Å². The number of hydrogen-bond acceptors (Lipinski definition) is 7. The van der Waals surface area contributed by atoms with Crippen molar-refractivity contribution in [3.05, 3.63) is 18.2 Å². The average molecular weight is 261 g/mol. The lowest BCUT2D eigenvalue weighted by atomic mass is 10.3. The summed E-state index contributed by atoms with van der Waals surface area (Å²) in [6, 6.07) is 7.47. The van der Waals surface area contributed by atoms with E-state index in [2.05, 4.69) is 15.5 Å². The maximum atomic E-state index is 8.57. The zero-order valence-corrected chi connectivity index (χ0v) is 9.92. The third-order valence-corrected chi connectivity index (χ3v) is 3.09. The normalized spacial score (nSPS) is 12.4. The lowest BCUT2D eigenvalue weighted by molar-refractivity contribution is 0.174. The molecule has 18 heavy (non-hydrogen) atoms. The predicted molar refractivity (Wildman–Crippen MR) is 61.6 cm³/mol. The van der Waals surface area contributed by atoms with Gasteiger partial charge in [-0.05, 0) is 22.6 Å². The second kappa shape index (κ2) is 4.54. The summed E-state index contributed by atoms with van der Waals surface area (Å²) < 4.78 is 12.1. The molecule has 1 aromatic carbocycles. The van der Waals surface area contributed by atoms with E-state index in [0.29, 0.717) is 22.4 Å². The minimum atomic E-state index is 0.227. The highest BCUT2D eigenvalue weighted by atomic mass is 32.2. The molecule has 2 aromatic rings. The largest absolute Gasteiger partial charge is 0.454 e. The van der Waals surface area contributed by atoms with Crippen molar-refractivity contribution in [2.75, 3.05) is 12.5 Å². The van der Waals surface area contributed by atoms with E-state index in [-0.39, 0.29) is 6.79 Å². The van der Waals surface area contributed by atoms with Gasteiger partial charge in [0, 0.05) is 6.07 Å². The first-order valence-corrected chi connectivity index (χ1v) is 6.05. The van der Waals surface area contributed by atoms with E-state index in [0.717, 1.165) is 5.69 Å². The Kier molecular flexibility index (Phi) is 2.74. The molecule has 0 fully saturated rings. The number of thioether (sulfide) groups is 1. The van der Waals surface area contributed by atoms with Crippen LogP contribution in [0.3, 0.4) is 0 Å². The van der Waals surface area contributed by atoms with Gasteiger partial charge < -0.3 is 9.47 Å². The summed E-state index contributed by atoms with van der Waals surface area (Å²) in [5.41, 5.74) is 0.768. The van der Waals surface area contributed by atoms with Crippen LogP contribution in [0.1, 0.15) is 0 Å². The Morgan fingerprint density at radius 3 is 3.17 bits per heavy atom. The van der Waals surface area contributed by atoms with Gasteiger partial charge in [-0.2, -0.15) is 9.94 Å². The third-order valence-electron chi connectivity index (χ3n) is 2.31. The zero-order valence-electron chi connectivity index (χ0n) is 9.11. The molecule has 0 amide bonds. The standard InChI is InChI=1S/C10H7N5O2S/c11-3-4-18-10-12-13-14-15(10)7-1-2-8-9(5-7)17-6-16-8/h1-2,5H,4,6H2. The third kappa shape index (κ3) is 1.84. The van der Waals surface area contributed by atoms with Crippen molar-refractivity contribution in [2.45, 2.75) is 5.16 Å². The molecule has 0 spiro atoms. The molecular formula is C10H7N5O2S. The summed E-state index contributed by atoms with van der Waals surface area (Å²) >= 11 is 1.28. The van der Waals surface area contributed by atoms with Crippen LogP contribution in [-0.4, -0.2) is 32.8 Å². The van der Waals surface area contributed by atoms with Gasteiger partial charge in [0.15, 0.2) is 11.5 Å². The minimum Gasteiger partial charge on any atom is -0.454 e. The number of benzene rings is 1. The molecular weight excluding hydrogens is 254 g/mol. The monoisotopic (exact) mass is 261 g/mol. The number of aromatic nitrogens is 4. The van der Waals surface area contributed by atoms with E-state index in [9.17, 15) is 0 Å². The molecule has 0 saturated heterocycles. The van der Waals surface area contributed by atoms with Crippen LogP contribution >= 0.6 is 11.8 Å². The molecule has 7 nitrogen and oxygen atoms in total. The Morgan fingerprint density at radius 2 is 2.28 bits per heavy atom. The summed E-state index contributed by atoms with van der Waals surface area (Å²) in [6.45, 7) is 0.227. The Morgan fingerprint density at radius 1 is 1.39 bits per heavy atom. The molecule has 0 aliphatic carbocycles. The smallest absolute Gasteiger partial charge is 0.231 e. The van der Waals surface area contributed by atoms with Crippen LogP contribution in [0.4, 0.5) is 0 Å².